The van der Waals surface area contributed by atoms with Crippen molar-refractivity contribution in [2.24, 2.45) is 5.92 Å². The average molecular weight is 426 g/mol. The van der Waals surface area contributed by atoms with Gasteiger partial charge in [0.2, 0.25) is 5.91 Å². The maximum absolute atomic E-state index is 12.8. The molecule has 31 heavy (non-hydrogen) atoms. The molecule has 1 N–H and O–H groups in total. The van der Waals surface area contributed by atoms with Gasteiger partial charge in [0.05, 0.1) is 0 Å². The van der Waals surface area contributed by atoms with Crippen molar-refractivity contribution in [3.63, 3.8) is 0 Å². The van der Waals surface area contributed by atoms with Crippen molar-refractivity contribution >= 4 is 11.8 Å². The first-order valence-electron chi connectivity index (χ1n) is 11.1. The number of nitrogens with one attached hydrogen (secondary N) is 1. The highest BCUT2D eigenvalue weighted by Crippen LogP contribution is 2.30. The van der Waals surface area contributed by atoms with E-state index in [0.29, 0.717) is 37.8 Å². The van der Waals surface area contributed by atoms with Gasteiger partial charge in [-0.25, -0.2) is 0 Å². The number of carbonyl (C=O) groups excluding carboxylic acids is 2. The summed E-state index contributed by atoms with van der Waals surface area (Å²) in [7, 11) is 1.58. The molecule has 1 saturated carbocycles. The quantitative estimate of drug-likeness (QED) is 0.734. The number of aromatic nitrogens is 1. The van der Waals surface area contributed by atoms with Gasteiger partial charge in [-0.15, -0.1) is 0 Å². The second kappa shape index (κ2) is 9.64. The first-order chi connectivity index (χ1) is 15.0. The number of methoxy groups -OCH3 is 1. The second-order valence-corrected chi connectivity index (χ2v) is 8.63. The molecule has 2 aromatic rings. The lowest BCUT2D eigenvalue weighted by atomic mass is 9.94. The Labute approximate surface area is 183 Å². The molecule has 166 valence electrons. The second-order valence-electron chi connectivity index (χ2n) is 8.63. The Morgan fingerprint density at radius 2 is 2.10 bits per heavy atom. The molecule has 0 aromatic carbocycles. The molecular weight excluding hydrogens is 394 g/mol. The SMILES string of the molecule is COCc1ccc(C(=O)NCc2c(C)ncc3c2CCN(C(=O)CC2CCCC2)C3)o1. The van der Waals surface area contributed by atoms with Crippen LogP contribution in [0.5, 0.6) is 0 Å². The van der Waals surface area contributed by atoms with E-state index in [1.54, 1.807) is 19.2 Å². The summed E-state index contributed by atoms with van der Waals surface area (Å²) in [5.41, 5.74) is 4.24. The van der Waals surface area contributed by atoms with Crippen LogP contribution in [-0.2, 0) is 35.6 Å². The van der Waals surface area contributed by atoms with Crippen molar-refractivity contribution in [1.82, 2.24) is 15.2 Å². The summed E-state index contributed by atoms with van der Waals surface area (Å²) in [5.74, 6) is 1.44. The monoisotopic (exact) mass is 425 g/mol. The molecule has 4 rings (SSSR count). The number of aryl methyl sites for hydroxylation is 1. The highest BCUT2D eigenvalue weighted by Gasteiger charge is 2.27. The highest BCUT2D eigenvalue weighted by molar-refractivity contribution is 5.91. The number of nitrogens with zero attached hydrogens (tertiary/aromatic N) is 2. The maximum atomic E-state index is 12.8. The standard InChI is InChI=1S/C24H31N3O4/c1-16-21(13-26-24(29)22-8-7-19(31-22)15-30-2)20-9-10-27(14-18(20)12-25-16)23(28)11-17-5-3-4-6-17/h7-8,12,17H,3-6,9-11,13-15H2,1-2H3,(H,26,29). The van der Waals surface area contributed by atoms with Crippen LogP contribution in [0.2, 0.25) is 0 Å². The normalized spacial score (nSPS) is 16.4. The summed E-state index contributed by atoms with van der Waals surface area (Å²) in [6, 6.07) is 3.40. The zero-order valence-electron chi connectivity index (χ0n) is 18.4. The van der Waals surface area contributed by atoms with Crippen molar-refractivity contribution in [1.29, 1.82) is 0 Å². The minimum atomic E-state index is -0.261. The molecule has 0 radical (unpaired) electrons. The number of rotatable bonds is 7. The lowest BCUT2D eigenvalue weighted by Crippen LogP contribution is -2.37. The predicted molar refractivity (Wildman–Crippen MR) is 115 cm³/mol. The molecule has 0 spiro atoms. The van der Waals surface area contributed by atoms with Crippen molar-refractivity contribution in [3.8, 4) is 0 Å². The maximum Gasteiger partial charge on any atom is 0.287 e. The van der Waals surface area contributed by atoms with Gasteiger partial charge in [0.15, 0.2) is 5.76 Å². The molecule has 1 aliphatic carbocycles. The first-order valence-corrected chi connectivity index (χ1v) is 11.1. The van der Waals surface area contributed by atoms with Crippen molar-refractivity contribution in [2.75, 3.05) is 13.7 Å². The Bertz CT molecular complexity index is 946. The van der Waals surface area contributed by atoms with E-state index >= 15 is 0 Å². The third-order valence-corrected chi connectivity index (χ3v) is 6.48. The van der Waals surface area contributed by atoms with Gasteiger partial charge < -0.3 is 19.4 Å². The molecule has 2 amide bonds. The number of hydrogen-bond acceptors (Lipinski definition) is 5. The van der Waals surface area contributed by atoms with Gasteiger partial charge in [-0.3, -0.25) is 14.6 Å². The van der Waals surface area contributed by atoms with Crippen LogP contribution in [0, 0.1) is 12.8 Å². The number of hydrogen-bond donors (Lipinski definition) is 1. The third-order valence-electron chi connectivity index (χ3n) is 6.48. The van der Waals surface area contributed by atoms with Crippen LogP contribution in [-0.4, -0.2) is 35.4 Å². The van der Waals surface area contributed by atoms with Crippen LogP contribution in [0.3, 0.4) is 0 Å². The summed E-state index contributed by atoms with van der Waals surface area (Å²) in [4.78, 5) is 31.8. The van der Waals surface area contributed by atoms with Crippen LogP contribution >= 0.6 is 0 Å². The molecule has 3 heterocycles. The van der Waals surface area contributed by atoms with E-state index in [9.17, 15) is 9.59 Å². The van der Waals surface area contributed by atoms with Crippen LogP contribution in [0.25, 0.3) is 0 Å². The van der Waals surface area contributed by atoms with E-state index in [4.69, 9.17) is 9.15 Å². The Morgan fingerprint density at radius 1 is 1.29 bits per heavy atom. The van der Waals surface area contributed by atoms with Gasteiger partial charge in [-0.2, -0.15) is 0 Å². The Hall–Kier alpha value is -2.67. The van der Waals surface area contributed by atoms with E-state index in [1.165, 1.54) is 31.2 Å². The molecule has 0 unspecified atom stereocenters. The third kappa shape index (κ3) is 4.98. The zero-order chi connectivity index (χ0) is 21.8. The Morgan fingerprint density at radius 3 is 2.87 bits per heavy atom. The van der Waals surface area contributed by atoms with E-state index in [1.807, 2.05) is 18.0 Å². The van der Waals surface area contributed by atoms with Crippen LogP contribution in [0.1, 0.15) is 70.8 Å². The molecule has 0 saturated heterocycles. The number of amides is 2. The number of fused-ring (bicyclic) bond motifs is 1. The van der Waals surface area contributed by atoms with Gasteiger partial charge >= 0.3 is 0 Å². The van der Waals surface area contributed by atoms with Gasteiger partial charge in [-0.1, -0.05) is 12.8 Å². The van der Waals surface area contributed by atoms with Crippen LogP contribution < -0.4 is 5.32 Å². The van der Waals surface area contributed by atoms with Crippen molar-refractivity contribution < 1.29 is 18.7 Å². The summed E-state index contributed by atoms with van der Waals surface area (Å²) in [6.07, 6.45) is 8.22. The highest BCUT2D eigenvalue weighted by atomic mass is 16.5. The topological polar surface area (TPSA) is 84.7 Å². The lowest BCUT2D eigenvalue weighted by Gasteiger charge is -2.31. The van der Waals surface area contributed by atoms with E-state index in [0.717, 1.165) is 29.8 Å². The Kier molecular flexibility index (Phi) is 6.70. The molecule has 0 atom stereocenters. The van der Waals surface area contributed by atoms with Crippen molar-refractivity contribution in [2.45, 2.75) is 65.1 Å². The van der Waals surface area contributed by atoms with Gasteiger partial charge in [0, 0.05) is 45.1 Å². The molecule has 7 nitrogen and oxygen atoms in total. The fourth-order valence-corrected chi connectivity index (χ4v) is 4.74. The molecule has 2 aliphatic rings. The number of pyridine rings is 1. The summed E-state index contributed by atoms with van der Waals surface area (Å²) in [6.45, 7) is 4.01. The van der Waals surface area contributed by atoms with E-state index in [2.05, 4.69) is 10.3 Å². The van der Waals surface area contributed by atoms with E-state index in [-0.39, 0.29) is 17.6 Å². The minimum absolute atomic E-state index is 0.261. The lowest BCUT2D eigenvalue weighted by molar-refractivity contribution is -0.133. The number of furan rings is 1. The molecular formula is C24H31N3O4. The van der Waals surface area contributed by atoms with E-state index < -0.39 is 0 Å². The van der Waals surface area contributed by atoms with Gasteiger partial charge in [0.25, 0.3) is 5.91 Å². The van der Waals surface area contributed by atoms with Gasteiger partial charge in [-0.05, 0) is 60.9 Å². The Balaban J connectivity index is 1.40. The average Bonchev–Trinajstić information content (AvgIpc) is 3.45. The molecule has 1 aliphatic heterocycles. The summed E-state index contributed by atoms with van der Waals surface area (Å²) in [5, 5.41) is 2.95. The smallest absolute Gasteiger partial charge is 0.287 e. The number of ether oxygens (including phenoxy) is 1. The van der Waals surface area contributed by atoms with Crippen molar-refractivity contribution in [3.05, 3.63) is 52.2 Å². The van der Waals surface area contributed by atoms with Crippen LogP contribution in [0.4, 0.5) is 0 Å². The molecule has 2 aromatic heterocycles. The summed E-state index contributed by atoms with van der Waals surface area (Å²) >= 11 is 0. The fraction of sp³-hybridized carbons (Fsp3) is 0.542. The number of carbonyl (C=O) groups is 2. The zero-order valence-corrected chi connectivity index (χ0v) is 18.4. The predicted octanol–water partition coefficient (Wildman–Crippen LogP) is 3.52. The summed E-state index contributed by atoms with van der Waals surface area (Å²) < 4.78 is 10.5. The molecule has 0 bridgehead atoms. The van der Waals surface area contributed by atoms with Gasteiger partial charge in [0.1, 0.15) is 12.4 Å². The van der Waals surface area contributed by atoms with Crippen LogP contribution in [0.15, 0.2) is 22.7 Å². The minimum Gasteiger partial charge on any atom is -0.453 e. The fourth-order valence-electron chi connectivity index (χ4n) is 4.74. The largest absolute Gasteiger partial charge is 0.453 e. The molecule has 7 heteroatoms. The molecule has 1 fully saturated rings. The first kappa shape index (κ1) is 21.6.